The first-order chi connectivity index (χ1) is 9.86. The minimum atomic E-state index is 0.618. The van der Waals surface area contributed by atoms with Gasteiger partial charge >= 0.3 is 0 Å². The van der Waals surface area contributed by atoms with Gasteiger partial charge in [0.05, 0.1) is 6.61 Å². The van der Waals surface area contributed by atoms with Crippen molar-refractivity contribution in [1.82, 2.24) is 0 Å². The van der Waals surface area contributed by atoms with Crippen LogP contribution in [0.3, 0.4) is 0 Å². The Labute approximate surface area is 121 Å². The lowest BCUT2D eigenvalue weighted by atomic mass is 10.1. The van der Waals surface area contributed by atoms with Crippen LogP contribution in [0.1, 0.15) is 58.3 Å². The minimum Gasteiger partial charge on any atom is -0.494 e. The molecule has 0 unspecified atom stereocenters. The van der Waals surface area contributed by atoms with Crippen molar-refractivity contribution in [3.8, 4) is 5.75 Å². The topological polar surface area (TPSA) is 58.0 Å². The summed E-state index contributed by atoms with van der Waals surface area (Å²) in [5, 5.41) is 3.52. The molecule has 20 heavy (non-hydrogen) atoms. The summed E-state index contributed by atoms with van der Waals surface area (Å²) in [6, 6.07) is 7.22. The largest absolute Gasteiger partial charge is 0.494 e. The van der Waals surface area contributed by atoms with Crippen LogP contribution in [0, 0.1) is 0 Å². The second-order valence-corrected chi connectivity index (χ2v) is 5.01. The van der Waals surface area contributed by atoms with Gasteiger partial charge in [0.2, 0.25) is 0 Å². The fourth-order valence-electron chi connectivity index (χ4n) is 2.09. The molecule has 0 aliphatic carbocycles. The third-order valence-corrected chi connectivity index (χ3v) is 3.26. The molecule has 1 rings (SSSR count). The Kier molecular flexibility index (Phi) is 9.16. The van der Waals surface area contributed by atoms with E-state index in [1.807, 2.05) is 12.1 Å². The molecule has 0 N–H and O–H groups in total. The van der Waals surface area contributed by atoms with Gasteiger partial charge in [0.15, 0.2) is 0 Å². The fraction of sp³-hybridized carbons (Fsp3) is 0.625. The molecule has 1 aromatic rings. The quantitative estimate of drug-likeness (QED) is 0.207. The zero-order valence-electron chi connectivity index (χ0n) is 12.4. The summed E-state index contributed by atoms with van der Waals surface area (Å²) in [5.41, 5.74) is 8.93. The molecule has 1 aromatic carbocycles. The fourth-order valence-corrected chi connectivity index (χ4v) is 2.09. The summed E-state index contributed by atoms with van der Waals surface area (Å²) < 4.78 is 5.65. The van der Waals surface area contributed by atoms with Crippen molar-refractivity contribution < 1.29 is 4.74 Å². The number of hydrogen-bond acceptors (Lipinski definition) is 2. The van der Waals surface area contributed by atoms with Gasteiger partial charge in [-0.15, -0.1) is 0 Å². The van der Waals surface area contributed by atoms with E-state index in [1.54, 1.807) is 12.1 Å². The second-order valence-electron chi connectivity index (χ2n) is 5.01. The van der Waals surface area contributed by atoms with Gasteiger partial charge in [-0.05, 0) is 36.2 Å². The van der Waals surface area contributed by atoms with Crippen molar-refractivity contribution in [3.05, 3.63) is 34.7 Å². The van der Waals surface area contributed by atoms with Crippen LogP contribution < -0.4 is 4.74 Å². The molecule has 0 atom stereocenters. The SMILES string of the molecule is CCCCCCCCCCOc1ccc(N=[N+]=[N-])cc1. The molecule has 0 amide bonds. The summed E-state index contributed by atoms with van der Waals surface area (Å²) in [7, 11) is 0. The molecule has 110 valence electrons. The third kappa shape index (κ3) is 7.70. The molecule has 0 spiro atoms. The van der Waals surface area contributed by atoms with E-state index in [0.717, 1.165) is 18.8 Å². The zero-order valence-corrected chi connectivity index (χ0v) is 12.4. The van der Waals surface area contributed by atoms with Crippen molar-refractivity contribution >= 4 is 5.69 Å². The summed E-state index contributed by atoms with van der Waals surface area (Å²) in [6.45, 7) is 3.01. The van der Waals surface area contributed by atoms with Gasteiger partial charge in [-0.2, -0.15) is 0 Å². The maximum Gasteiger partial charge on any atom is 0.119 e. The number of rotatable bonds is 11. The first-order valence-electron chi connectivity index (χ1n) is 7.64. The summed E-state index contributed by atoms with van der Waals surface area (Å²) in [6.07, 6.45) is 10.4. The van der Waals surface area contributed by atoms with Gasteiger partial charge in [0.25, 0.3) is 0 Å². The molecule has 0 aliphatic rings. The highest BCUT2D eigenvalue weighted by Crippen LogP contribution is 2.18. The van der Waals surface area contributed by atoms with E-state index in [0.29, 0.717) is 5.69 Å². The van der Waals surface area contributed by atoms with Gasteiger partial charge in [-0.3, -0.25) is 0 Å². The van der Waals surface area contributed by atoms with E-state index in [1.165, 1.54) is 44.9 Å². The van der Waals surface area contributed by atoms with Gasteiger partial charge in [-0.1, -0.05) is 57.0 Å². The summed E-state index contributed by atoms with van der Waals surface area (Å²) in [5.74, 6) is 0.838. The lowest BCUT2D eigenvalue weighted by Gasteiger charge is -2.06. The maximum absolute atomic E-state index is 8.31. The number of hydrogen-bond donors (Lipinski definition) is 0. The van der Waals surface area contributed by atoms with Crippen LogP contribution in [0.15, 0.2) is 29.4 Å². The highest BCUT2D eigenvalue weighted by atomic mass is 16.5. The Morgan fingerprint density at radius 2 is 1.55 bits per heavy atom. The molecule has 0 bridgehead atoms. The van der Waals surface area contributed by atoms with Gasteiger partial charge in [-0.25, -0.2) is 0 Å². The number of ether oxygens (including phenoxy) is 1. The normalized spacial score (nSPS) is 10.1. The van der Waals surface area contributed by atoms with Crippen LogP contribution >= 0.6 is 0 Å². The number of nitrogens with zero attached hydrogens (tertiary/aromatic N) is 3. The van der Waals surface area contributed by atoms with Crippen molar-refractivity contribution in [1.29, 1.82) is 0 Å². The summed E-state index contributed by atoms with van der Waals surface area (Å²) >= 11 is 0. The van der Waals surface area contributed by atoms with E-state index >= 15 is 0 Å². The first kappa shape index (κ1) is 16.4. The third-order valence-electron chi connectivity index (χ3n) is 3.26. The maximum atomic E-state index is 8.31. The number of azide groups is 1. The molecular formula is C16H25N3O. The Morgan fingerprint density at radius 3 is 2.15 bits per heavy atom. The van der Waals surface area contributed by atoms with Crippen LogP contribution in [0.4, 0.5) is 5.69 Å². The predicted octanol–water partition coefficient (Wildman–Crippen LogP) is 6.15. The van der Waals surface area contributed by atoms with Crippen molar-refractivity contribution in [2.24, 2.45) is 5.11 Å². The number of unbranched alkanes of at least 4 members (excludes halogenated alkanes) is 7. The Hall–Kier alpha value is -1.67. The molecule has 0 aliphatic heterocycles. The highest BCUT2D eigenvalue weighted by Gasteiger charge is 1.95. The van der Waals surface area contributed by atoms with E-state index < -0.39 is 0 Å². The molecule has 0 saturated carbocycles. The minimum absolute atomic E-state index is 0.618. The average molecular weight is 275 g/mol. The van der Waals surface area contributed by atoms with Crippen LogP contribution in [0.2, 0.25) is 0 Å². The van der Waals surface area contributed by atoms with Gasteiger partial charge in [0, 0.05) is 10.6 Å². The van der Waals surface area contributed by atoms with Crippen molar-refractivity contribution in [2.75, 3.05) is 6.61 Å². The van der Waals surface area contributed by atoms with Crippen molar-refractivity contribution in [2.45, 2.75) is 58.3 Å². The van der Waals surface area contributed by atoms with E-state index in [4.69, 9.17) is 10.3 Å². The molecule has 0 radical (unpaired) electrons. The Morgan fingerprint density at radius 1 is 0.950 bits per heavy atom. The van der Waals surface area contributed by atoms with E-state index in [9.17, 15) is 0 Å². The zero-order chi connectivity index (χ0) is 14.5. The first-order valence-corrected chi connectivity index (χ1v) is 7.64. The summed E-state index contributed by atoms with van der Waals surface area (Å²) in [4.78, 5) is 2.74. The molecule has 0 saturated heterocycles. The lowest BCUT2D eigenvalue weighted by molar-refractivity contribution is 0.304. The molecule has 4 heteroatoms. The molecule has 0 fully saturated rings. The molecular weight excluding hydrogens is 250 g/mol. The monoisotopic (exact) mass is 275 g/mol. The standard InChI is InChI=1S/C16H25N3O/c1-2-3-4-5-6-7-8-9-14-20-16-12-10-15(11-13-16)18-19-17/h10-13H,2-9,14H2,1H3. The van der Waals surface area contributed by atoms with E-state index in [-0.39, 0.29) is 0 Å². The van der Waals surface area contributed by atoms with Crippen LogP contribution in [-0.4, -0.2) is 6.61 Å². The predicted molar refractivity (Wildman–Crippen MR) is 83.4 cm³/mol. The van der Waals surface area contributed by atoms with Crippen LogP contribution in [0.25, 0.3) is 10.4 Å². The lowest BCUT2D eigenvalue weighted by Crippen LogP contribution is -1.96. The van der Waals surface area contributed by atoms with Crippen LogP contribution in [0.5, 0.6) is 5.75 Å². The Bertz CT molecular complexity index is 397. The molecule has 0 aromatic heterocycles. The Balaban J connectivity index is 2.02. The van der Waals surface area contributed by atoms with E-state index in [2.05, 4.69) is 16.9 Å². The number of benzene rings is 1. The highest BCUT2D eigenvalue weighted by molar-refractivity contribution is 5.40. The molecule has 0 heterocycles. The molecule has 4 nitrogen and oxygen atoms in total. The van der Waals surface area contributed by atoms with Crippen LogP contribution in [-0.2, 0) is 0 Å². The smallest absolute Gasteiger partial charge is 0.119 e. The average Bonchev–Trinajstić information content (AvgIpc) is 2.47. The van der Waals surface area contributed by atoms with Crippen molar-refractivity contribution in [3.63, 3.8) is 0 Å². The van der Waals surface area contributed by atoms with Gasteiger partial charge in [0.1, 0.15) is 5.75 Å². The second kappa shape index (κ2) is 11.2. The van der Waals surface area contributed by atoms with Gasteiger partial charge < -0.3 is 4.74 Å².